The first kappa shape index (κ1) is 17.3. The van der Waals surface area contributed by atoms with Crippen LogP contribution in [0.15, 0.2) is 67.0 Å². The molecule has 0 unspecified atom stereocenters. The van der Waals surface area contributed by atoms with Crippen LogP contribution in [0.4, 0.5) is 4.39 Å². The lowest BCUT2D eigenvalue weighted by molar-refractivity contribution is 0.0706. The molecule has 0 N–H and O–H groups in total. The molecule has 3 aromatic rings. The SMILES string of the molecule is O=C(c1ccccc1)N1CCC[C@H](c2nccnc2-c2ccccc2F)C1. The Morgan fingerprint density at radius 1 is 1.00 bits per heavy atom. The van der Waals surface area contributed by atoms with E-state index in [1.165, 1.54) is 6.07 Å². The van der Waals surface area contributed by atoms with Crippen LogP contribution < -0.4 is 0 Å². The summed E-state index contributed by atoms with van der Waals surface area (Å²) in [5.41, 5.74) is 2.46. The minimum absolute atomic E-state index is 0.0247. The molecule has 2 aromatic carbocycles. The Hall–Kier alpha value is -3.08. The quantitative estimate of drug-likeness (QED) is 0.699. The maximum atomic E-state index is 14.3. The molecule has 1 amide bonds. The Morgan fingerprint density at radius 3 is 2.56 bits per heavy atom. The fraction of sp³-hybridized carbons (Fsp3) is 0.227. The molecule has 1 fully saturated rings. The summed E-state index contributed by atoms with van der Waals surface area (Å²) in [5.74, 6) is -0.251. The first-order valence-electron chi connectivity index (χ1n) is 9.14. The molecule has 27 heavy (non-hydrogen) atoms. The van der Waals surface area contributed by atoms with E-state index in [-0.39, 0.29) is 17.6 Å². The molecule has 0 aliphatic carbocycles. The highest BCUT2D eigenvalue weighted by atomic mass is 19.1. The molecule has 1 saturated heterocycles. The van der Waals surface area contributed by atoms with Crippen molar-refractivity contribution in [3.05, 3.63) is 84.1 Å². The van der Waals surface area contributed by atoms with Gasteiger partial charge in [0.1, 0.15) is 5.82 Å². The summed E-state index contributed by atoms with van der Waals surface area (Å²) >= 11 is 0. The highest BCUT2D eigenvalue weighted by Gasteiger charge is 2.28. The highest BCUT2D eigenvalue weighted by Crippen LogP contribution is 2.33. The molecular weight excluding hydrogens is 341 g/mol. The maximum absolute atomic E-state index is 14.3. The van der Waals surface area contributed by atoms with Crippen LogP contribution in [0.1, 0.15) is 34.8 Å². The van der Waals surface area contributed by atoms with Crippen molar-refractivity contribution in [1.82, 2.24) is 14.9 Å². The third-order valence-corrected chi connectivity index (χ3v) is 4.97. The topological polar surface area (TPSA) is 46.1 Å². The van der Waals surface area contributed by atoms with Gasteiger partial charge in [-0.25, -0.2) is 4.39 Å². The predicted molar refractivity (Wildman–Crippen MR) is 102 cm³/mol. The Bertz CT molecular complexity index is 945. The highest BCUT2D eigenvalue weighted by molar-refractivity contribution is 5.94. The zero-order valence-electron chi connectivity index (χ0n) is 14.9. The number of amides is 1. The van der Waals surface area contributed by atoms with Gasteiger partial charge in [0.05, 0.1) is 11.4 Å². The van der Waals surface area contributed by atoms with E-state index in [2.05, 4.69) is 9.97 Å². The van der Waals surface area contributed by atoms with Crippen LogP contribution in [0.2, 0.25) is 0 Å². The number of halogens is 1. The van der Waals surface area contributed by atoms with E-state index in [9.17, 15) is 9.18 Å². The standard InChI is InChI=1S/C22H20FN3O/c23-19-11-5-4-10-18(19)21-20(24-12-13-25-21)17-9-6-14-26(15-17)22(27)16-7-2-1-3-8-16/h1-5,7-8,10-13,17H,6,9,14-15H2/t17-/m0/s1. The summed E-state index contributed by atoms with van der Waals surface area (Å²) in [7, 11) is 0. The van der Waals surface area contributed by atoms with E-state index in [1.54, 1.807) is 30.6 Å². The molecule has 5 heteroatoms. The normalized spacial score (nSPS) is 16.9. The van der Waals surface area contributed by atoms with Crippen molar-refractivity contribution < 1.29 is 9.18 Å². The molecule has 0 saturated carbocycles. The summed E-state index contributed by atoms with van der Waals surface area (Å²) in [4.78, 5) is 23.6. The monoisotopic (exact) mass is 361 g/mol. The van der Waals surface area contributed by atoms with Crippen molar-refractivity contribution in [3.8, 4) is 11.3 Å². The summed E-state index contributed by atoms with van der Waals surface area (Å²) < 4.78 is 14.3. The Labute approximate surface area is 157 Å². The van der Waals surface area contributed by atoms with Crippen molar-refractivity contribution in [2.24, 2.45) is 0 Å². The number of aromatic nitrogens is 2. The van der Waals surface area contributed by atoms with Crippen LogP contribution in [0, 0.1) is 5.82 Å². The van der Waals surface area contributed by atoms with E-state index >= 15 is 0 Å². The number of piperidine rings is 1. The molecule has 2 heterocycles. The van der Waals surface area contributed by atoms with Gasteiger partial charge < -0.3 is 4.90 Å². The number of benzene rings is 2. The summed E-state index contributed by atoms with van der Waals surface area (Å²) in [6.07, 6.45) is 5.01. The Kier molecular flexibility index (Phi) is 4.92. The lowest BCUT2D eigenvalue weighted by Gasteiger charge is -2.33. The Morgan fingerprint density at radius 2 is 1.74 bits per heavy atom. The van der Waals surface area contributed by atoms with Gasteiger partial charge in [-0.3, -0.25) is 14.8 Å². The predicted octanol–water partition coefficient (Wildman–Crippen LogP) is 4.30. The number of carbonyl (C=O) groups is 1. The molecular formula is C22H20FN3O. The zero-order valence-corrected chi connectivity index (χ0v) is 14.9. The Balaban J connectivity index is 1.63. The molecule has 1 aromatic heterocycles. The second-order valence-corrected chi connectivity index (χ2v) is 6.73. The largest absolute Gasteiger partial charge is 0.338 e. The average Bonchev–Trinajstić information content (AvgIpc) is 2.74. The zero-order chi connectivity index (χ0) is 18.6. The van der Waals surface area contributed by atoms with E-state index in [4.69, 9.17) is 0 Å². The molecule has 1 aliphatic heterocycles. The van der Waals surface area contributed by atoms with Gasteiger partial charge in [0, 0.05) is 42.5 Å². The van der Waals surface area contributed by atoms with Crippen molar-refractivity contribution in [1.29, 1.82) is 0 Å². The first-order chi connectivity index (χ1) is 13.2. The van der Waals surface area contributed by atoms with Gasteiger partial charge in [0.2, 0.25) is 0 Å². The molecule has 0 spiro atoms. The van der Waals surface area contributed by atoms with Crippen molar-refractivity contribution in [3.63, 3.8) is 0 Å². The summed E-state index contributed by atoms with van der Waals surface area (Å²) in [6, 6.07) is 15.9. The van der Waals surface area contributed by atoms with Crippen molar-refractivity contribution >= 4 is 5.91 Å². The van der Waals surface area contributed by atoms with Gasteiger partial charge in [-0.15, -0.1) is 0 Å². The number of likely N-dealkylation sites (tertiary alicyclic amines) is 1. The van der Waals surface area contributed by atoms with E-state index in [0.717, 1.165) is 25.1 Å². The second-order valence-electron chi connectivity index (χ2n) is 6.73. The van der Waals surface area contributed by atoms with Crippen molar-refractivity contribution in [2.75, 3.05) is 13.1 Å². The number of hydrogen-bond acceptors (Lipinski definition) is 3. The van der Waals surface area contributed by atoms with Crippen molar-refractivity contribution in [2.45, 2.75) is 18.8 Å². The lowest BCUT2D eigenvalue weighted by Crippen LogP contribution is -2.39. The average molecular weight is 361 g/mol. The maximum Gasteiger partial charge on any atom is 0.253 e. The molecule has 4 rings (SSSR count). The van der Waals surface area contributed by atoms with Crippen LogP contribution in [-0.2, 0) is 0 Å². The van der Waals surface area contributed by atoms with Gasteiger partial charge >= 0.3 is 0 Å². The summed E-state index contributed by atoms with van der Waals surface area (Å²) in [6.45, 7) is 1.29. The van der Waals surface area contributed by atoms with Gasteiger partial charge in [0.25, 0.3) is 5.91 Å². The summed E-state index contributed by atoms with van der Waals surface area (Å²) in [5, 5.41) is 0. The number of carbonyl (C=O) groups excluding carboxylic acids is 1. The minimum atomic E-state index is -0.313. The van der Waals surface area contributed by atoms with Gasteiger partial charge in [0.15, 0.2) is 0 Å². The van der Waals surface area contributed by atoms with E-state index < -0.39 is 0 Å². The molecule has 136 valence electrons. The third kappa shape index (κ3) is 3.58. The van der Waals surface area contributed by atoms with E-state index in [1.807, 2.05) is 35.2 Å². The molecule has 0 radical (unpaired) electrons. The fourth-order valence-corrected chi connectivity index (χ4v) is 3.66. The first-order valence-corrected chi connectivity index (χ1v) is 9.14. The fourth-order valence-electron chi connectivity index (χ4n) is 3.66. The second kappa shape index (κ2) is 7.66. The minimum Gasteiger partial charge on any atom is -0.338 e. The number of rotatable bonds is 3. The smallest absolute Gasteiger partial charge is 0.253 e. The lowest BCUT2D eigenvalue weighted by atomic mass is 9.91. The van der Waals surface area contributed by atoms with Gasteiger partial charge in [-0.1, -0.05) is 30.3 Å². The number of hydrogen-bond donors (Lipinski definition) is 0. The van der Waals surface area contributed by atoms with Crippen LogP contribution >= 0.6 is 0 Å². The van der Waals surface area contributed by atoms with Crippen LogP contribution in [0.25, 0.3) is 11.3 Å². The van der Waals surface area contributed by atoms with Gasteiger partial charge in [-0.2, -0.15) is 0 Å². The van der Waals surface area contributed by atoms with Gasteiger partial charge in [-0.05, 0) is 37.1 Å². The molecule has 1 atom stereocenters. The number of nitrogens with zero attached hydrogens (tertiary/aromatic N) is 3. The molecule has 4 nitrogen and oxygen atoms in total. The van der Waals surface area contributed by atoms with E-state index in [0.29, 0.717) is 23.4 Å². The van der Waals surface area contributed by atoms with Crippen LogP contribution in [0.3, 0.4) is 0 Å². The molecule has 0 bridgehead atoms. The third-order valence-electron chi connectivity index (χ3n) is 4.97. The molecule has 1 aliphatic rings. The van der Waals surface area contributed by atoms with Crippen LogP contribution in [0.5, 0.6) is 0 Å². The van der Waals surface area contributed by atoms with Crippen LogP contribution in [-0.4, -0.2) is 33.9 Å².